The Morgan fingerprint density at radius 2 is 1.48 bits per heavy atom. The highest BCUT2D eigenvalue weighted by Crippen LogP contribution is 2.23. The molecule has 0 radical (unpaired) electrons. The van der Waals surface area contributed by atoms with E-state index in [1.54, 1.807) is 24.5 Å². The summed E-state index contributed by atoms with van der Waals surface area (Å²) in [6, 6.07) is 13.6. The molecule has 0 spiro atoms. The van der Waals surface area contributed by atoms with Crippen LogP contribution >= 0.6 is 0 Å². The maximum atomic E-state index is 12.4. The van der Waals surface area contributed by atoms with Crippen LogP contribution in [0, 0.1) is 0 Å². The van der Waals surface area contributed by atoms with E-state index >= 15 is 0 Å². The number of rotatable bonds is 8. The van der Waals surface area contributed by atoms with Crippen LogP contribution in [0.3, 0.4) is 0 Å². The molecule has 0 unspecified atom stereocenters. The first-order valence-corrected chi connectivity index (χ1v) is 11.1. The molecule has 0 aliphatic carbocycles. The molecule has 2 aromatic carbocycles. The monoisotopic (exact) mass is 480 g/mol. The van der Waals surface area contributed by atoms with Crippen LogP contribution in [0.2, 0.25) is 0 Å². The summed E-state index contributed by atoms with van der Waals surface area (Å²) < 4.78 is 67.5. The SMILES string of the molecule is O=C(NCc1ccncc1)Nc1ccc(NS(=O)(=O)Cc2ccc(OC(F)(F)F)cc2)cc1. The third kappa shape index (κ3) is 8.33. The van der Waals surface area contributed by atoms with Crippen molar-refractivity contribution in [1.82, 2.24) is 10.3 Å². The van der Waals surface area contributed by atoms with Crippen LogP contribution in [0.1, 0.15) is 11.1 Å². The first-order valence-electron chi connectivity index (χ1n) is 9.47. The van der Waals surface area contributed by atoms with Gasteiger partial charge in [0.2, 0.25) is 10.0 Å². The van der Waals surface area contributed by atoms with E-state index in [1.807, 2.05) is 0 Å². The lowest BCUT2D eigenvalue weighted by atomic mass is 10.2. The van der Waals surface area contributed by atoms with Crippen molar-refractivity contribution in [3.8, 4) is 5.75 Å². The van der Waals surface area contributed by atoms with Crippen molar-refractivity contribution in [3.05, 3.63) is 84.2 Å². The molecule has 3 aromatic rings. The highest BCUT2D eigenvalue weighted by Gasteiger charge is 2.31. The van der Waals surface area contributed by atoms with Crippen LogP contribution in [-0.4, -0.2) is 25.8 Å². The normalized spacial score (nSPS) is 11.5. The van der Waals surface area contributed by atoms with E-state index in [0.29, 0.717) is 12.2 Å². The average molecular weight is 480 g/mol. The predicted molar refractivity (Wildman–Crippen MR) is 116 cm³/mol. The van der Waals surface area contributed by atoms with Crippen LogP contribution in [0.4, 0.5) is 29.3 Å². The van der Waals surface area contributed by atoms with Gasteiger partial charge in [-0.1, -0.05) is 12.1 Å². The van der Waals surface area contributed by atoms with E-state index in [0.717, 1.165) is 17.7 Å². The molecule has 0 aliphatic rings. The van der Waals surface area contributed by atoms with E-state index in [9.17, 15) is 26.4 Å². The van der Waals surface area contributed by atoms with Crippen molar-refractivity contribution in [2.24, 2.45) is 0 Å². The average Bonchev–Trinajstić information content (AvgIpc) is 2.74. The summed E-state index contributed by atoms with van der Waals surface area (Å²) in [5.41, 5.74) is 1.87. The summed E-state index contributed by atoms with van der Waals surface area (Å²) in [4.78, 5) is 15.9. The molecule has 1 aromatic heterocycles. The first kappa shape index (κ1) is 23.9. The molecule has 0 bridgehead atoms. The van der Waals surface area contributed by atoms with Gasteiger partial charge in [0, 0.05) is 30.3 Å². The van der Waals surface area contributed by atoms with E-state index in [-0.39, 0.29) is 11.3 Å². The summed E-state index contributed by atoms with van der Waals surface area (Å²) in [5.74, 6) is -0.888. The van der Waals surface area contributed by atoms with Crippen molar-refractivity contribution in [3.63, 3.8) is 0 Å². The topological polar surface area (TPSA) is 109 Å². The highest BCUT2D eigenvalue weighted by atomic mass is 32.2. The number of sulfonamides is 1. The molecule has 12 heteroatoms. The van der Waals surface area contributed by atoms with Gasteiger partial charge in [-0.05, 0) is 59.7 Å². The van der Waals surface area contributed by atoms with Crippen molar-refractivity contribution in [1.29, 1.82) is 0 Å². The molecule has 3 N–H and O–H groups in total. The van der Waals surface area contributed by atoms with Crippen LogP contribution in [0.25, 0.3) is 0 Å². The third-order valence-corrected chi connectivity index (χ3v) is 5.39. The van der Waals surface area contributed by atoms with Gasteiger partial charge in [-0.25, -0.2) is 13.2 Å². The number of nitrogens with one attached hydrogen (secondary N) is 3. The van der Waals surface area contributed by atoms with Crippen molar-refractivity contribution < 1.29 is 31.1 Å². The van der Waals surface area contributed by atoms with Crippen LogP contribution in [-0.2, 0) is 22.3 Å². The van der Waals surface area contributed by atoms with Gasteiger partial charge in [0.15, 0.2) is 0 Å². The molecule has 174 valence electrons. The fourth-order valence-corrected chi connectivity index (χ4v) is 3.90. The van der Waals surface area contributed by atoms with Gasteiger partial charge in [-0.3, -0.25) is 9.71 Å². The number of pyridine rings is 1. The van der Waals surface area contributed by atoms with Crippen LogP contribution < -0.4 is 20.1 Å². The van der Waals surface area contributed by atoms with Crippen molar-refractivity contribution >= 4 is 27.4 Å². The summed E-state index contributed by atoms with van der Waals surface area (Å²) in [6.07, 6.45) is -1.59. The molecule has 33 heavy (non-hydrogen) atoms. The molecule has 8 nitrogen and oxygen atoms in total. The molecule has 2 amide bonds. The molecule has 3 rings (SSSR count). The smallest absolute Gasteiger partial charge is 0.406 e. The van der Waals surface area contributed by atoms with Gasteiger partial charge in [0.25, 0.3) is 0 Å². The van der Waals surface area contributed by atoms with Gasteiger partial charge in [-0.15, -0.1) is 13.2 Å². The highest BCUT2D eigenvalue weighted by molar-refractivity contribution is 7.91. The molecule has 0 aliphatic heterocycles. The number of ether oxygens (including phenoxy) is 1. The lowest BCUT2D eigenvalue weighted by molar-refractivity contribution is -0.274. The minimum atomic E-state index is -4.82. The largest absolute Gasteiger partial charge is 0.573 e. The maximum absolute atomic E-state index is 12.4. The molecular formula is C21H19F3N4O4S. The van der Waals surface area contributed by atoms with Crippen LogP contribution in [0.15, 0.2) is 73.1 Å². The van der Waals surface area contributed by atoms with Gasteiger partial charge >= 0.3 is 12.4 Å². The fraction of sp³-hybridized carbons (Fsp3) is 0.143. The minimum absolute atomic E-state index is 0.259. The first-order chi connectivity index (χ1) is 15.6. The minimum Gasteiger partial charge on any atom is -0.406 e. The second-order valence-electron chi connectivity index (χ2n) is 6.79. The standard InChI is InChI=1S/C21H19F3N4O4S/c22-21(23,24)32-19-7-1-16(2-8-19)14-33(30,31)28-18-5-3-17(4-6-18)27-20(29)26-13-15-9-11-25-12-10-15/h1-12,28H,13-14H2,(H2,26,27,29). The predicted octanol–water partition coefficient (Wildman–Crippen LogP) is 4.24. The number of carbonyl (C=O) groups is 1. The number of hydrogen-bond acceptors (Lipinski definition) is 5. The van der Waals surface area contributed by atoms with E-state index in [4.69, 9.17) is 0 Å². The lowest BCUT2D eigenvalue weighted by Gasteiger charge is -2.11. The number of carbonyl (C=O) groups excluding carboxylic acids is 1. The number of urea groups is 1. The zero-order chi connectivity index (χ0) is 23.9. The number of anilines is 2. The van der Waals surface area contributed by atoms with Gasteiger partial charge < -0.3 is 15.4 Å². The quantitative estimate of drug-likeness (QED) is 0.447. The van der Waals surface area contributed by atoms with E-state index in [1.165, 1.54) is 36.4 Å². The Kier molecular flexibility index (Phi) is 7.38. The lowest BCUT2D eigenvalue weighted by Crippen LogP contribution is -2.28. The fourth-order valence-electron chi connectivity index (χ4n) is 2.70. The number of halogens is 3. The Morgan fingerprint density at radius 1 is 0.879 bits per heavy atom. The van der Waals surface area contributed by atoms with E-state index < -0.39 is 33.9 Å². The number of nitrogens with zero attached hydrogens (tertiary/aromatic N) is 1. The second kappa shape index (κ2) is 10.2. The Bertz CT molecular complexity index is 1170. The summed E-state index contributed by atoms with van der Waals surface area (Å²) in [7, 11) is -3.83. The second-order valence-corrected chi connectivity index (χ2v) is 8.52. The van der Waals surface area contributed by atoms with E-state index in [2.05, 4.69) is 25.1 Å². The molecule has 0 saturated heterocycles. The van der Waals surface area contributed by atoms with Crippen LogP contribution in [0.5, 0.6) is 5.75 Å². The molecule has 0 fully saturated rings. The molecule has 0 saturated carbocycles. The molecule has 0 atom stereocenters. The number of hydrogen-bond donors (Lipinski definition) is 3. The third-order valence-electron chi connectivity index (χ3n) is 4.13. The van der Waals surface area contributed by atoms with Gasteiger partial charge in [0.05, 0.1) is 5.75 Å². The Hall–Kier alpha value is -3.80. The molecule has 1 heterocycles. The number of benzene rings is 2. The summed E-state index contributed by atoms with van der Waals surface area (Å²) in [6.45, 7) is 0.315. The zero-order valence-corrected chi connectivity index (χ0v) is 17.8. The van der Waals surface area contributed by atoms with Gasteiger partial charge in [0.1, 0.15) is 5.75 Å². The Labute approximate surface area is 187 Å². The van der Waals surface area contributed by atoms with Crippen molar-refractivity contribution in [2.45, 2.75) is 18.7 Å². The summed E-state index contributed by atoms with van der Waals surface area (Å²) >= 11 is 0. The number of amides is 2. The maximum Gasteiger partial charge on any atom is 0.573 e. The molecular weight excluding hydrogens is 461 g/mol. The zero-order valence-electron chi connectivity index (χ0n) is 17.0. The van der Waals surface area contributed by atoms with Crippen molar-refractivity contribution in [2.75, 3.05) is 10.0 Å². The Morgan fingerprint density at radius 3 is 2.09 bits per heavy atom. The number of aromatic nitrogens is 1. The Balaban J connectivity index is 1.51. The number of alkyl halides is 3. The summed E-state index contributed by atoms with van der Waals surface area (Å²) in [5, 5.41) is 5.31. The van der Waals surface area contributed by atoms with Gasteiger partial charge in [-0.2, -0.15) is 0 Å².